The van der Waals surface area contributed by atoms with Crippen molar-refractivity contribution in [1.82, 2.24) is 8.96 Å². The molecule has 1 aromatic carbocycles. The summed E-state index contributed by atoms with van der Waals surface area (Å²) in [6.07, 6.45) is 0. The molecule has 2 N–H and O–H groups in total. The lowest BCUT2D eigenvalue weighted by Crippen LogP contribution is -2.23. The average molecular weight is 295 g/mol. The van der Waals surface area contributed by atoms with Crippen LogP contribution in [0.3, 0.4) is 0 Å². The van der Waals surface area contributed by atoms with Crippen molar-refractivity contribution in [2.45, 2.75) is 45.3 Å². The van der Waals surface area contributed by atoms with Crippen LogP contribution >= 0.6 is 0 Å². The first-order valence-electron chi connectivity index (χ1n) is 6.58. The first-order valence-corrected chi connectivity index (χ1v) is 8.08. The maximum absolute atomic E-state index is 12.4. The molecule has 0 unspecified atom stereocenters. The number of aromatic nitrogens is 2. The lowest BCUT2D eigenvalue weighted by molar-refractivity contribution is 0.580. The second-order valence-electron chi connectivity index (χ2n) is 6.28. The van der Waals surface area contributed by atoms with E-state index < -0.39 is 15.3 Å². The van der Waals surface area contributed by atoms with Gasteiger partial charge in [-0.2, -0.15) is 0 Å². The zero-order chi connectivity index (χ0) is 15.3. The number of imidazole rings is 1. The number of rotatable bonds is 2. The van der Waals surface area contributed by atoms with Crippen LogP contribution < -0.4 is 5.73 Å². The van der Waals surface area contributed by atoms with E-state index in [1.807, 2.05) is 12.1 Å². The number of hydrogen-bond acceptors (Lipinski definition) is 4. The molecule has 0 saturated heterocycles. The van der Waals surface area contributed by atoms with E-state index >= 15 is 0 Å². The number of hydrogen-bond donors (Lipinski definition) is 1. The van der Waals surface area contributed by atoms with Crippen LogP contribution in [0.2, 0.25) is 0 Å². The van der Waals surface area contributed by atoms with Gasteiger partial charge in [-0.15, -0.1) is 0 Å². The molecule has 0 fully saturated rings. The van der Waals surface area contributed by atoms with E-state index in [0.717, 1.165) is 9.54 Å². The van der Waals surface area contributed by atoms with Crippen LogP contribution in [0, 0.1) is 0 Å². The maximum Gasteiger partial charge on any atom is 0.244 e. The summed E-state index contributed by atoms with van der Waals surface area (Å²) in [4.78, 5) is 4.20. The minimum Gasteiger partial charge on any atom is -0.368 e. The standard InChI is InChI=1S/C14H21N3O2S/c1-9(2)20(18,19)17-12-7-6-10(14(3,4)5)8-11(12)16-13(17)15/h6-9H,1-5H3,(H2,15,16). The summed E-state index contributed by atoms with van der Waals surface area (Å²) < 4.78 is 25.8. The predicted molar refractivity (Wildman–Crippen MR) is 82.3 cm³/mol. The molecule has 0 aliphatic carbocycles. The van der Waals surface area contributed by atoms with Crippen molar-refractivity contribution in [3.63, 3.8) is 0 Å². The fraction of sp³-hybridized carbons (Fsp3) is 0.500. The van der Waals surface area contributed by atoms with E-state index in [2.05, 4.69) is 25.8 Å². The molecule has 0 saturated carbocycles. The van der Waals surface area contributed by atoms with Gasteiger partial charge in [-0.1, -0.05) is 26.8 Å². The lowest BCUT2D eigenvalue weighted by Gasteiger charge is -2.18. The number of nitrogens with two attached hydrogens (primary N) is 1. The van der Waals surface area contributed by atoms with E-state index in [0.29, 0.717) is 11.0 Å². The Hall–Kier alpha value is -1.56. The average Bonchev–Trinajstić information content (AvgIpc) is 2.62. The Morgan fingerprint density at radius 2 is 1.85 bits per heavy atom. The fourth-order valence-electron chi connectivity index (χ4n) is 2.02. The summed E-state index contributed by atoms with van der Waals surface area (Å²) >= 11 is 0. The Morgan fingerprint density at radius 1 is 1.25 bits per heavy atom. The largest absolute Gasteiger partial charge is 0.368 e. The zero-order valence-electron chi connectivity index (χ0n) is 12.5. The highest BCUT2D eigenvalue weighted by atomic mass is 32.2. The van der Waals surface area contributed by atoms with Crippen molar-refractivity contribution >= 4 is 27.0 Å². The van der Waals surface area contributed by atoms with Gasteiger partial charge in [0, 0.05) is 0 Å². The Balaban J connectivity index is 2.75. The Labute approximate surface area is 119 Å². The van der Waals surface area contributed by atoms with Crippen LogP contribution in [0.4, 0.5) is 5.95 Å². The third-order valence-electron chi connectivity index (χ3n) is 3.35. The van der Waals surface area contributed by atoms with Gasteiger partial charge in [0.15, 0.2) is 0 Å². The molecule has 0 spiro atoms. The van der Waals surface area contributed by atoms with Crippen molar-refractivity contribution in [3.8, 4) is 0 Å². The van der Waals surface area contributed by atoms with Gasteiger partial charge in [0.05, 0.1) is 16.3 Å². The van der Waals surface area contributed by atoms with Crippen molar-refractivity contribution in [2.75, 3.05) is 5.73 Å². The van der Waals surface area contributed by atoms with Crippen molar-refractivity contribution in [1.29, 1.82) is 0 Å². The van der Waals surface area contributed by atoms with Gasteiger partial charge in [0.1, 0.15) is 0 Å². The van der Waals surface area contributed by atoms with Crippen LogP contribution in [0.25, 0.3) is 11.0 Å². The van der Waals surface area contributed by atoms with E-state index in [1.54, 1.807) is 19.9 Å². The monoisotopic (exact) mass is 295 g/mol. The quantitative estimate of drug-likeness (QED) is 0.923. The summed E-state index contributed by atoms with van der Waals surface area (Å²) in [7, 11) is -3.51. The number of nitrogen functional groups attached to an aromatic ring is 1. The molecular formula is C14H21N3O2S. The molecule has 0 amide bonds. The molecule has 2 aromatic rings. The van der Waals surface area contributed by atoms with E-state index in [9.17, 15) is 8.42 Å². The van der Waals surface area contributed by atoms with Crippen molar-refractivity contribution in [2.24, 2.45) is 0 Å². The molecule has 1 heterocycles. The number of nitrogens with zero attached hydrogens (tertiary/aromatic N) is 2. The van der Waals surface area contributed by atoms with E-state index in [4.69, 9.17) is 5.73 Å². The fourth-order valence-corrected chi connectivity index (χ4v) is 3.17. The molecule has 0 radical (unpaired) electrons. The molecule has 0 atom stereocenters. The van der Waals surface area contributed by atoms with Gasteiger partial charge in [0.25, 0.3) is 0 Å². The number of benzene rings is 1. The van der Waals surface area contributed by atoms with Gasteiger partial charge >= 0.3 is 0 Å². The van der Waals surface area contributed by atoms with Crippen molar-refractivity contribution < 1.29 is 8.42 Å². The van der Waals surface area contributed by atoms with E-state index in [1.165, 1.54) is 0 Å². The van der Waals surface area contributed by atoms with Crippen LogP contribution in [0.1, 0.15) is 40.2 Å². The maximum atomic E-state index is 12.4. The summed E-state index contributed by atoms with van der Waals surface area (Å²) in [5.74, 6) is 0.0137. The molecule has 0 aliphatic rings. The molecule has 20 heavy (non-hydrogen) atoms. The smallest absolute Gasteiger partial charge is 0.244 e. The summed E-state index contributed by atoms with van der Waals surface area (Å²) in [5, 5.41) is -0.551. The SMILES string of the molecule is CC(C)S(=O)(=O)n1c(N)nc2cc(C(C)(C)C)ccc21. The highest BCUT2D eigenvalue weighted by molar-refractivity contribution is 7.90. The Morgan fingerprint density at radius 3 is 2.35 bits per heavy atom. The molecule has 0 bridgehead atoms. The third-order valence-corrected chi connectivity index (χ3v) is 5.44. The summed E-state index contributed by atoms with van der Waals surface area (Å²) in [6.45, 7) is 9.55. The lowest BCUT2D eigenvalue weighted by atomic mass is 9.87. The Bertz CT molecular complexity index is 753. The topological polar surface area (TPSA) is 78.0 Å². The van der Waals surface area contributed by atoms with Crippen molar-refractivity contribution in [3.05, 3.63) is 23.8 Å². The van der Waals surface area contributed by atoms with Gasteiger partial charge in [-0.05, 0) is 37.0 Å². The molecule has 1 aromatic heterocycles. The number of anilines is 1. The van der Waals surface area contributed by atoms with Gasteiger partial charge in [-0.3, -0.25) is 0 Å². The van der Waals surface area contributed by atoms with Crippen LogP contribution in [-0.4, -0.2) is 22.6 Å². The second kappa shape index (κ2) is 4.48. The molecule has 0 aliphatic heterocycles. The predicted octanol–water partition coefficient (Wildman–Crippen LogP) is 2.50. The second-order valence-corrected chi connectivity index (χ2v) is 8.62. The van der Waals surface area contributed by atoms with Gasteiger partial charge in [-0.25, -0.2) is 17.4 Å². The van der Waals surface area contributed by atoms with Crippen LogP contribution in [-0.2, 0) is 15.4 Å². The first-order chi connectivity index (χ1) is 9.05. The van der Waals surface area contributed by atoms with Crippen LogP contribution in [0.15, 0.2) is 18.2 Å². The normalized spacial score (nSPS) is 13.3. The van der Waals surface area contributed by atoms with E-state index in [-0.39, 0.29) is 11.4 Å². The van der Waals surface area contributed by atoms with Crippen LogP contribution in [0.5, 0.6) is 0 Å². The highest BCUT2D eigenvalue weighted by Gasteiger charge is 2.25. The molecule has 6 heteroatoms. The Kier molecular flexibility index (Phi) is 3.32. The highest BCUT2D eigenvalue weighted by Crippen LogP contribution is 2.28. The zero-order valence-corrected chi connectivity index (χ0v) is 13.3. The molecule has 5 nitrogen and oxygen atoms in total. The summed E-state index contributed by atoms with van der Waals surface area (Å²) in [6, 6.07) is 5.60. The van der Waals surface area contributed by atoms with Gasteiger partial charge < -0.3 is 5.73 Å². The first kappa shape index (κ1) is 14.8. The molecule has 110 valence electrons. The minimum atomic E-state index is -3.51. The summed E-state index contributed by atoms with van der Waals surface area (Å²) in [5.41, 5.74) is 8.02. The minimum absolute atomic E-state index is 0.0137. The molecular weight excluding hydrogens is 274 g/mol. The molecule has 2 rings (SSSR count). The van der Waals surface area contributed by atoms with Gasteiger partial charge in [0.2, 0.25) is 16.0 Å². The third kappa shape index (κ3) is 2.28. The number of fused-ring (bicyclic) bond motifs is 1.